The van der Waals surface area contributed by atoms with Crippen molar-refractivity contribution < 1.29 is 4.79 Å². The van der Waals surface area contributed by atoms with Crippen molar-refractivity contribution in [3.8, 4) is 6.07 Å². The minimum atomic E-state index is -0.134. The van der Waals surface area contributed by atoms with Crippen molar-refractivity contribution in [1.82, 2.24) is 15.6 Å². The summed E-state index contributed by atoms with van der Waals surface area (Å²) in [5, 5.41) is 15.9. The predicted octanol–water partition coefficient (Wildman–Crippen LogP) is 2.70. The number of benzene rings is 1. The van der Waals surface area contributed by atoms with Crippen LogP contribution in [0.5, 0.6) is 0 Å². The lowest BCUT2D eigenvalue weighted by Gasteiger charge is -2.13. The maximum atomic E-state index is 11.9. The molecule has 5 nitrogen and oxygen atoms in total. The number of aromatic amines is 1. The molecule has 0 spiro atoms. The summed E-state index contributed by atoms with van der Waals surface area (Å²) in [5.41, 5.74) is 2.35. The third kappa shape index (κ3) is 3.22. The van der Waals surface area contributed by atoms with Gasteiger partial charge in [-0.15, -0.1) is 0 Å². The standard InChI is InChI=1S/C17H20N4O/c18-11-12-4-5-14(10-12)21-17(22)20-8-6-13-2-1-3-16-15(13)7-9-19-16/h1-3,7,9,12,14,19H,4-6,8,10H2,(H2,20,21,22)/t12-,14+/m0/s1. The Morgan fingerprint density at radius 1 is 1.36 bits per heavy atom. The Morgan fingerprint density at radius 2 is 2.27 bits per heavy atom. The Labute approximate surface area is 129 Å². The van der Waals surface area contributed by atoms with Gasteiger partial charge in [0.2, 0.25) is 0 Å². The highest BCUT2D eigenvalue weighted by Gasteiger charge is 2.25. The molecule has 2 aromatic rings. The number of fused-ring (bicyclic) bond motifs is 1. The summed E-state index contributed by atoms with van der Waals surface area (Å²) in [5.74, 6) is 0.0940. The first-order valence-electron chi connectivity index (χ1n) is 7.75. The van der Waals surface area contributed by atoms with Crippen LogP contribution in [0.4, 0.5) is 4.79 Å². The zero-order valence-corrected chi connectivity index (χ0v) is 12.4. The van der Waals surface area contributed by atoms with Crippen LogP contribution >= 0.6 is 0 Å². The van der Waals surface area contributed by atoms with Crippen LogP contribution in [0.3, 0.4) is 0 Å². The summed E-state index contributed by atoms with van der Waals surface area (Å²) in [6, 6.07) is 10.5. The van der Waals surface area contributed by atoms with E-state index in [1.807, 2.05) is 18.3 Å². The Balaban J connectivity index is 1.46. The van der Waals surface area contributed by atoms with Gasteiger partial charge in [-0.1, -0.05) is 12.1 Å². The van der Waals surface area contributed by atoms with Crippen LogP contribution in [-0.2, 0) is 6.42 Å². The number of urea groups is 1. The molecule has 1 heterocycles. The largest absolute Gasteiger partial charge is 0.361 e. The van der Waals surface area contributed by atoms with E-state index in [9.17, 15) is 4.79 Å². The number of H-pyrrole nitrogens is 1. The molecular formula is C17H20N4O. The molecule has 0 unspecified atom stereocenters. The molecule has 2 atom stereocenters. The van der Waals surface area contributed by atoms with Crippen molar-refractivity contribution in [1.29, 1.82) is 5.26 Å². The molecule has 3 rings (SSSR count). The van der Waals surface area contributed by atoms with Crippen LogP contribution in [0.2, 0.25) is 0 Å². The second-order valence-electron chi connectivity index (χ2n) is 5.84. The molecule has 0 saturated heterocycles. The minimum Gasteiger partial charge on any atom is -0.361 e. The van der Waals surface area contributed by atoms with Gasteiger partial charge in [0.15, 0.2) is 0 Å². The summed E-state index contributed by atoms with van der Waals surface area (Å²) >= 11 is 0. The fraction of sp³-hybridized carbons (Fsp3) is 0.412. The van der Waals surface area contributed by atoms with E-state index in [1.54, 1.807) is 0 Å². The van der Waals surface area contributed by atoms with Gasteiger partial charge >= 0.3 is 6.03 Å². The number of rotatable bonds is 4. The molecule has 3 N–H and O–H groups in total. The van der Waals surface area contributed by atoms with E-state index >= 15 is 0 Å². The molecule has 1 saturated carbocycles. The third-order valence-electron chi connectivity index (χ3n) is 4.32. The van der Waals surface area contributed by atoms with Gasteiger partial charge in [0.05, 0.1) is 6.07 Å². The highest BCUT2D eigenvalue weighted by Crippen LogP contribution is 2.24. The maximum Gasteiger partial charge on any atom is 0.315 e. The third-order valence-corrected chi connectivity index (χ3v) is 4.32. The summed E-state index contributed by atoms with van der Waals surface area (Å²) in [6.07, 6.45) is 5.28. The summed E-state index contributed by atoms with van der Waals surface area (Å²) in [7, 11) is 0. The van der Waals surface area contributed by atoms with Gasteiger partial charge in [-0.3, -0.25) is 0 Å². The number of carbonyl (C=O) groups excluding carboxylic acids is 1. The van der Waals surface area contributed by atoms with E-state index in [1.165, 1.54) is 10.9 Å². The second kappa shape index (κ2) is 6.52. The van der Waals surface area contributed by atoms with Gasteiger partial charge < -0.3 is 15.6 Å². The van der Waals surface area contributed by atoms with Crippen LogP contribution in [0.25, 0.3) is 10.9 Å². The Morgan fingerprint density at radius 3 is 3.09 bits per heavy atom. The number of nitrogens with one attached hydrogen (secondary N) is 3. The van der Waals surface area contributed by atoms with Crippen molar-refractivity contribution >= 4 is 16.9 Å². The van der Waals surface area contributed by atoms with E-state index in [-0.39, 0.29) is 18.0 Å². The number of amides is 2. The molecule has 2 amide bonds. The lowest BCUT2D eigenvalue weighted by Crippen LogP contribution is -2.41. The Bertz CT molecular complexity index is 700. The predicted molar refractivity (Wildman–Crippen MR) is 85.3 cm³/mol. The number of aromatic nitrogens is 1. The first-order valence-corrected chi connectivity index (χ1v) is 7.75. The monoisotopic (exact) mass is 296 g/mol. The molecule has 0 radical (unpaired) electrons. The van der Waals surface area contributed by atoms with Gasteiger partial charge in [0.1, 0.15) is 0 Å². The van der Waals surface area contributed by atoms with E-state index in [2.05, 4.69) is 33.8 Å². The normalized spacial score (nSPS) is 20.7. The molecule has 1 aliphatic carbocycles. The molecule has 1 aromatic heterocycles. The van der Waals surface area contributed by atoms with Gasteiger partial charge in [0, 0.05) is 35.6 Å². The fourth-order valence-electron chi connectivity index (χ4n) is 3.15. The summed E-state index contributed by atoms with van der Waals surface area (Å²) in [6.45, 7) is 0.602. The van der Waals surface area contributed by atoms with Crippen LogP contribution in [0, 0.1) is 17.2 Å². The van der Waals surface area contributed by atoms with Crippen LogP contribution in [-0.4, -0.2) is 23.6 Å². The number of nitrogens with zero attached hydrogens (tertiary/aromatic N) is 1. The van der Waals surface area contributed by atoms with Gasteiger partial charge in [-0.2, -0.15) is 5.26 Å². The molecule has 0 bridgehead atoms. The van der Waals surface area contributed by atoms with Crippen LogP contribution in [0.15, 0.2) is 30.5 Å². The number of hydrogen-bond donors (Lipinski definition) is 3. The van der Waals surface area contributed by atoms with Gasteiger partial charge in [0.25, 0.3) is 0 Å². The Kier molecular flexibility index (Phi) is 4.29. The van der Waals surface area contributed by atoms with E-state index in [0.717, 1.165) is 31.2 Å². The Hall–Kier alpha value is -2.48. The molecule has 1 aliphatic rings. The number of nitriles is 1. The summed E-state index contributed by atoms with van der Waals surface area (Å²) < 4.78 is 0. The highest BCUT2D eigenvalue weighted by molar-refractivity contribution is 5.83. The van der Waals surface area contributed by atoms with E-state index in [4.69, 9.17) is 5.26 Å². The second-order valence-corrected chi connectivity index (χ2v) is 5.84. The zero-order chi connectivity index (χ0) is 15.4. The SMILES string of the molecule is N#C[C@H]1CC[C@@H](NC(=O)NCCc2cccc3[nH]ccc23)C1. The highest BCUT2D eigenvalue weighted by atomic mass is 16.2. The first-order chi connectivity index (χ1) is 10.8. The van der Waals surface area contributed by atoms with Gasteiger partial charge in [-0.25, -0.2) is 4.79 Å². The zero-order valence-electron chi connectivity index (χ0n) is 12.4. The first kappa shape index (κ1) is 14.5. The van der Waals surface area contributed by atoms with E-state index in [0.29, 0.717) is 6.54 Å². The van der Waals surface area contributed by atoms with Crippen molar-refractivity contribution in [2.24, 2.45) is 5.92 Å². The smallest absolute Gasteiger partial charge is 0.315 e. The molecule has 1 fully saturated rings. The average molecular weight is 296 g/mol. The van der Waals surface area contributed by atoms with Crippen LogP contribution in [0.1, 0.15) is 24.8 Å². The molecule has 22 heavy (non-hydrogen) atoms. The number of carbonyl (C=O) groups is 1. The molecule has 1 aromatic carbocycles. The quantitative estimate of drug-likeness (QED) is 0.811. The lowest BCUT2D eigenvalue weighted by molar-refractivity contribution is 0.237. The van der Waals surface area contributed by atoms with Crippen molar-refractivity contribution in [2.75, 3.05) is 6.54 Å². The van der Waals surface area contributed by atoms with Crippen molar-refractivity contribution in [3.05, 3.63) is 36.0 Å². The number of hydrogen-bond acceptors (Lipinski definition) is 2. The van der Waals surface area contributed by atoms with E-state index < -0.39 is 0 Å². The van der Waals surface area contributed by atoms with Crippen molar-refractivity contribution in [2.45, 2.75) is 31.7 Å². The molecular weight excluding hydrogens is 276 g/mol. The maximum absolute atomic E-state index is 11.9. The summed E-state index contributed by atoms with van der Waals surface area (Å²) in [4.78, 5) is 15.1. The van der Waals surface area contributed by atoms with Gasteiger partial charge in [-0.05, 0) is 43.4 Å². The molecule has 114 valence electrons. The van der Waals surface area contributed by atoms with Crippen LogP contribution < -0.4 is 10.6 Å². The average Bonchev–Trinajstić information content (AvgIpc) is 3.16. The lowest BCUT2D eigenvalue weighted by atomic mass is 10.1. The fourth-order valence-corrected chi connectivity index (χ4v) is 3.15. The minimum absolute atomic E-state index is 0.0940. The molecule has 5 heteroatoms. The van der Waals surface area contributed by atoms with Crippen molar-refractivity contribution in [3.63, 3.8) is 0 Å². The molecule has 0 aliphatic heterocycles. The topological polar surface area (TPSA) is 80.7 Å².